The van der Waals surface area contributed by atoms with Crippen LogP contribution in [-0.4, -0.2) is 47.9 Å². The van der Waals surface area contributed by atoms with Crippen LogP contribution in [-0.2, 0) is 19.1 Å². The Morgan fingerprint density at radius 3 is 2.88 bits per heavy atom. The van der Waals surface area contributed by atoms with Gasteiger partial charge in [0.15, 0.2) is 0 Å². The molecule has 2 rings (SSSR count). The molecule has 2 atom stereocenters. The van der Waals surface area contributed by atoms with Gasteiger partial charge in [0.25, 0.3) is 5.91 Å². The van der Waals surface area contributed by atoms with Crippen LogP contribution in [0.4, 0.5) is 0 Å². The summed E-state index contributed by atoms with van der Waals surface area (Å²) in [5, 5.41) is 2.24. The van der Waals surface area contributed by atoms with Gasteiger partial charge in [-0.25, -0.2) is 0 Å². The number of amides is 3. The molecule has 17 heavy (non-hydrogen) atoms. The highest BCUT2D eigenvalue weighted by atomic mass is 16.5. The Balaban J connectivity index is 2.12. The maximum absolute atomic E-state index is 12.1. The molecule has 0 saturated carbocycles. The van der Waals surface area contributed by atoms with Gasteiger partial charge in [-0.1, -0.05) is 6.92 Å². The lowest BCUT2D eigenvalue weighted by atomic mass is 10.1. The smallest absolute Gasteiger partial charge is 0.252 e. The molecule has 1 N–H and O–H groups in total. The first-order valence-electron chi connectivity index (χ1n) is 5.89. The molecule has 0 aliphatic carbocycles. The molecule has 0 radical (unpaired) electrons. The molecule has 0 aromatic heterocycles. The van der Waals surface area contributed by atoms with Crippen LogP contribution in [0.2, 0.25) is 0 Å². The fourth-order valence-electron chi connectivity index (χ4n) is 2.26. The van der Waals surface area contributed by atoms with Gasteiger partial charge in [0.2, 0.25) is 11.8 Å². The van der Waals surface area contributed by atoms with Gasteiger partial charge in [0.05, 0.1) is 0 Å². The largest absolute Gasteiger partial charge is 0.368 e. The second-order valence-electron chi connectivity index (χ2n) is 4.30. The Kier molecular flexibility index (Phi) is 3.42. The molecule has 6 heteroatoms. The van der Waals surface area contributed by atoms with Gasteiger partial charge >= 0.3 is 0 Å². The summed E-state index contributed by atoms with van der Waals surface area (Å²) in [5.74, 6) is -1.06. The van der Waals surface area contributed by atoms with E-state index in [0.717, 1.165) is 6.42 Å². The molecule has 0 bridgehead atoms. The minimum Gasteiger partial charge on any atom is -0.368 e. The summed E-state index contributed by atoms with van der Waals surface area (Å²) in [6.45, 7) is 2.33. The molecule has 3 amide bonds. The Hall–Kier alpha value is -1.43. The van der Waals surface area contributed by atoms with Gasteiger partial charge in [-0.05, 0) is 19.3 Å². The molecule has 0 spiro atoms. The van der Waals surface area contributed by atoms with Crippen LogP contribution < -0.4 is 5.32 Å². The molecule has 2 fully saturated rings. The third-order valence-corrected chi connectivity index (χ3v) is 3.13. The summed E-state index contributed by atoms with van der Waals surface area (Å²) in [7, 11) is 0. The van der Waals surface area contributed by atoms with Crippen LogP contribution in [0.1, 0.15) is 26.2 Å². The van der Waals surface area contributed by atoms with E-state index in [1.165, 1.54) is 4.90 Å². The first kappa shape index (κ1) is 12.0. The van der Waals surface area contributed by atoms with Crippen molar-refractivity contribution in [3.63, 3.8) is 0 Å². The molecule has 2 unspecified atom stereocenters. The summed E-state index contributed by atoms with van der Waals surface area (Å²) in [6, 6.07) is -0.551. The van der Waals surface area contributed by atoms with E-state index >= 15 is 0 Å². The first-order chi connectivity index (χ1) is 8.13. The highest BCUT2D eigenvalue weighted by Crippen LogP contribution is 2.18. The van der Waals surface area contributed by atoms with E-state index in [9.17, 15) is 14.4 Å². The number of hydrogen-bond donors (Lipinski definition) is 1. The van der Waals surface area contributed by atoms with Crippen LogP contribution in [0.15, 0.2) is 0 Å². The molecule has 2 aliphatic rings. The fourth-order valence-corrected chi connectivity index (χ4v) is 2.26. The summed E-state index contributed by atoms with van der Waals surface area (Å²) in [5.41, 5.74) is 0. The Bertz CT molecular complexity index is 349. The second-order valence-corrected chi connectivity index (χ2v) is 4.30. The van der Waals surface area contributed by atoms with Crippen molar-refractivity contribution < 1.29 is 19.1 Å². The van der Waals surface area contributed by atoms with Gasteiger partial charge < -0.3 is 9.64 Å². The predicted octanol–water partition coefficient (Wildman–Crippen LogP) is -0.571. The topological polar surface area (TPSA) is 75.7 Å². The Labute approximate surface area is 99.3 Å². The van der Waals surface area contributed by atoms with Crippen LogP contribution >= 0.6 is 0 Å². The zero-order valence-corrected chi connectivity index (χ0v) is 9.77. The number of nitrogens with zero attached hydrogens (tertiary/aromatic N) is 1. The minimum atomic E-state index is -0.551. The zero-order chi connectivity index (χ0) is 12.4. The summed E-state index contributed by atoms with van der Waals surface area (Å²) in [6.07, 6.45) is 1.53. The SMILES string of the molecule is CCC1C(=O)NC(=O)CN1C(=O)C1CCCO1. The van der Waals surface area contributed by atoms with Gasteiger partial charge in [0, 0.05) is 6.61 Å². The molecule has 0 aromatic carbocycles. The normalized spacial score (nSPS) is 29.4. The molecular formula is C11H16N2O4. The van der Waals surface area contributed by atoms with Gasteiger partial charge in [0.1, 0.15) is 18.7 Å². The third kappa shape index (κ3) is 2.31. The van der Waals surface area contributed by atoms with Crippen molar-refractivity contribution in [1.29, 1.82) is 0 Å². The molecule has 2 heterocycles. The molecular weight excluding hydrogens is 224 g/mol. The standard InChI is InChI=1S/C11H16N2O4/c1-2-7-10(15)12-9(14)6-13(7)11(16)8-4-3-5-17-8/h7-8H,2-6H2,1H3,(H,12,14,15). The number of hydrogen-bond acceptors (Lipinski definition) is 4. The van der Waals surface area contributed by atoms with E-state index in [-0.39, 0.29) is 12.5 Å². The number of carbonyl (C=O) groups excluding carboxylic acids is 3. The van der Waals surface area contributed by atoms with E-state index in [0.29, 0.717) is 19.4 Å². The number of nitrogens with one attached hydrogen (secondary N) is 1. The summed E-state index contributed by atoms with van der Waals surface area (Å²) >= 11 is 0. The average molecular weight is 240 g/mol. The quantitative estimate of drug-likeness (QED) is 0.656. The second kappa shape index (κ2) is 4.83. The Morgan fingerprint density at radius 2 is 2.29 bits per heavy atom. The highest BCUT2D eigenvalue weighted by molar-refractivity contribution is 6.04. The van der Waals surface area contributed by atoms with Crippen LogP contribution in [0.5, 0.6) is 0 Å². The lowest BCUT2D eigenvalue weighted by Gasteiger charge is -2.34. The zero-order valence-electron chi connectivity index (χ0n) is 9.77. The summed E-state index contributed by atoms with van der Waals surface area (Å²) in [4.78, 5) is 36.4. The molecule has 2 aliphatic heterocycles. The Morgan fingerprint density at radius 1 is 1.53 bits per heavy atom. The van der Waals surface area contributed by atoms with E-state index in [2.05, 4.69) is 5.32 Å². The molecule has 6 nitrogen and oxygen atoms in total. The lowest BCUT2D eigenvalue weighted by molar-refractivity contribution is -0.155. The van der Waals surface area contributed by atoms with Crippen LogP contribution in [0, 0.1) is 0 Å². The first-order valence-corrected chi connectivity index (χ1v) is 5.89. The van der Waals surface area contributed by atoms with E-state index < -0.39 is 24.0 Å². The van der Waals surface area contributed by atoms with E-state index in [4.69, 9.17) is 4.74 Å². The maximum Gasteiger partial charge on any atom is 0.252 e. The van der Waals surface area contributed by atoms with E-state index in [1.807, 2.05) is 6.92 Å². The number of imide groups is 1. The number of ether oxygens (including phenoxy) is 1. The maximum atomic E-state index is 12.1. The average Bonchev–Trinajstić information content (AvgIpc) is 2.80. The van der Waals surface area contributed by atoms with Crippen molar-refractivity contribution >= 4 is 17.7 Å². The number of rotatable bonds is 2. The highest BCUT2D eigenvalue weighted by Gasteiger charge is 2.39. The molecule has 0 aromatic rings. The van der Waals surface area contributed by atoms with Gasteiger partial charge in [-0.15, -0.1) is 0 Å². The van der Waals surface area contributed by atoms with Crippen molar-refractivity contribution in [2.24, 2.45) is 0 Å². The van der Waals surface area contributed by atoms with Gasteiger partial charge in [-0.3, -0.25) is 19.7 Å². The number of carbonyl (C=O) groups is 3. The third-order valence-electron chi connectivity index (χ3n) is 3.13. The monoisotopic (exact) mass is 240 g/mol. The fraction of sp³-hybridized carbons (Fsp3) is 0.727. The molecule has 2 saturated heterocycles. The predicted molar refractivity (Wildman–Crippen MR) is 57.9 cm³/mol. The lowest BCUT2D eigenvalue weighted by Crippen LogP contribution is -2.61. The van der Waals surface area contributed by atoms with Crippen molar-refractivity contribution in [3.8, 4) is 0 Å². The van der Waals surface area contributed by atoms with Crippen molar-refractivity contribution in [3.05, 3.63) is 0 Å². The summed E-state index contributed by atoms with van der Waals surface area (Å²) < 4.78 is 5.30. The van der Waals surface area contributed by atoms with Crippen molar-refractivity contribution in [1.82, 2.24) is 10.2 Å². The van der Waals surface area contributed by atoms with Crippen molar-refractivity contribution in [2.75, 3.05) is 13.2 Å². The number of piperazine rings is 1. The van der Waals surface area contributed by atoms with Crippen LogP contribution in [0.3, 0.4) is 0 Å². The van der Waals surface area contributed by atoms with Crippen molar-refractivity contribution in [2.45, 2.75) is 38.3 Å². The van der Waals surface area contributed by atoms with E-state index in [1.54, 1.807) is 0 Å². The van der Waals surface area contributed by atoms with Crippen LogP contribution in [0.25, 0.3) is 0 Å². The minimum absolute atomic E-state index is 0.0526. The van der Waals surface area contributed by atoms with Gasteiger partial charge in [-0.2, -0.15) is 0 Å². The molecule has 94 valence electrons.